The Morgan fingerprint density at radius 3 is 2.42 bits per heavy atom. The molecule has 1 amide bonds. The van der Waals surface area contributed by atoms with Crippen molar-refractivity contribution in [1.29, 1.82) is 0 Å². The van der Waals surface area contributed by atoms with Crippen LogP contribution in [0.15, 0.2) is 42.1 Å². The van der Waals surface area contributed by atoms with Crippen LogP contribution in [-0.2, 0) is 11.2 Å². The number of nitrogens with one attached hydrogen (secondary N) is 2. The van der Waals surface area contributed by atoms with Crippen LogP contribution in [0.4, 0.5) is 0 Å². The number of amides is 1. The number of halogens is 1. The van der Waals surface area contributed by atoms with Gasteiger partial charge in [-0.15, -0.1) is 0 Å². The SMILES string of the molecule is CCOc1cc(/C=C2\NC(=S)NC2=O)cc(Cl)c1OCCCOc1ccc(CC)cc1. The zero-order chi connectivity index (χ0) is 22.2. The van der Waals surface area contributed by atoms with Gasteiger partial charge in [0.25, 0.3) is 5.91 Å². The molecule has 0 radical (unpaired) electrons. The van der Waals surface area contributed by atoms with Crippen molar-refractivity contribution in [2.24, 2.45) is 0 Å². The molecular weight excluding hydrogens is 436 g/mol. The third-order valence-electron chi connectivity index (χ3n) is 4.50. The second-order valence-electron chi connectivity index (χ2n) is 6.78. The predicted octanol–water partition coefficient (Wildman–Crippen LogP) is 4.49. The Balaban J connectivity index is 1.60. The van der Waals surface area contributed by atoms with Gasteiger partial charge in [-0.2, -0.15) is 0 Å². The summed E-state index contributed by atoms with van der Waals surface area (Å²) < 4.78 is 17.3. The first-order valence-electron chi connectivity index (χ1n) is 10.1. The summed E-state index contributed by atoms with van der Waals surface area (Å²) >= 11 is 11.4. The minimum absolute atomic E-state index is 0.274. The van der Waals surface area contributed by atoms with Crippen molar-refractivity contribution < 1.29 is 19.0 Å². The largest absolute Gasteiger partial charge is 0.493 e. The van der Waals surface area contributed by atoms with E-state index in [1.54, 1.807) is 18.2 Å². The van der Waals surface area contributed by atoms with E-state index in [-0.39, 0.29) is 11.0 Å². The molecule has 31 heavy (non-hydrogen) atoms. The molecule has 3 rings (SSSR count). The maximum atomic E-state index is 11.9. The second-order valence-corrected chi connectivity index (χ2v) is 7.59. The van der Waals surface area contributed by atoms with Crippen molar-refractivity contribution in [3.63, 3.8) is 0 Å². The van der Waals surface area contributed by atoms with Gasteiger partial charge < -0.3 is 19.5 Å². The van der Waals surface area contributed by atoms with E-state index in [4.69, 9.17) is 38.0 Å². The second kappa shape index (κ2) is 11.0. The normalized spacial score (nSPS) is 14.4. The van der Waals surface area contributed by atoms with Crippen LogP contribution in [-0.4, -0.2) is 30.8 Å². The Kier molecular flexibility index (Phi) is 8.14. The first-order chi connectivity index (χ1) is 15.0. The van der Waals surface area contributed by atoms with Crippen molar-refractivity contribution in [2.75, 3.05) is 19.8 Å². The van der Waals surface area contributed by atoms with Gasteiger partial charge in [-0.05, 0) is 67.0 Å². The number of aryl methyl sites for hydroxylation is 1. The van der Waals surface area contributed by atoms with E-state index in [9.17, 15) is 4.79 Å². The predicted molar refractivity (Wildman–Crippen MR) is 126 cm³/mol. The summed E-state index contributed by atoms with van der Waals surface area (Å²) in [5, 5.41) is 6.00. The Hall–Kier alpha value is -2.77. The molecule has 0 spiro atoms. The van der Waals surface area contributed by atoms with Crippen molar-refractivity contribution >= 4 is 40.9 Å². The minimum atomic E-state index is -0.288. The maximum absolute atomic E-state index is 11.9. The summed E-state index contributed by atoms with van der Waals surface area (Å²) in [6, 6.07) is 11.6. The molecule has 8 heteroatoms. The van der Waals surface area contributed by atoms with Crippen LogP contribution in [0.25, 0.3) is 6.08 Å². The Labute approximate surface area is 192 Å². The quantitative estimate of drug-likeness (QED) is 0.309. The zero-order valence-corrected chi connectivity index (χ0v) is 19.1. The standard InChI is InChI=1S/C23H25ClN2O4S/c1-3-15-6-8-17(9-7-15)29-10-5-11-30-21-18(24)12-16(14-20(21)28-4-2)13-19-22(27)26-23(31)25-19/h6-9,12-14H,3-5,10-11H2,1-2H3,(H2,25,26,27,31)/b19-13-. The van der Waals surface area contributed by atoms with E-state index in [2.05, 4.69) is 29.7 Å². The fraction of sp³-hybridized carbons (Fsp3) is 0.304. The number of thiocarbonyl (C=S) groups is 1. The number of hydrogen-bond donors (Lipinski definition) is 2. The van der Waals surface area contributed by atoms with Crippen molar-refractivity contribution in [3.8, 4) is 17.2 Å². The molecule has 1 saturated heterocycles. The van der Waals surface area contributed by atoms with Gasteiger partial charge in [0.05, 0.1) is 24.8 Å². The van der Waals surface area contributed by atoms with Gasteiger partial charge in [0, 0.05) is 6.42 Å². The molecule has 0 atom stereocenters. The van der Waals surface area contributed by atoms with Gasteiger partial charge in [-0.25, -0.2) is 0 Å². The highest BCUT2D eigenvalue weighted by atomic mass is 35.5. The molecule has 0 bridgehead atoms. The van der Waals surface area contributed by atoms with Crippen molar-refractivity contribution in [3.05, 3.63) is 58.2 Å². The third-order valence-corrected chi connectivity index (χ3v) is 4.98. The lowest BCUT2D eigenvalue weighted by molar-refractivity contribution is -0.115. The molecule has 0 saturated carbocycles. The fourth-order valence-electron chi connectivity index (χ4n) is 2.97. The van der Waals surface area contributed by atoms with Crippen LogP contribution in [0.3, 0.4) is 0 Å². The lowest BCUT2D eigenvalue weighted by Crippen LogP contribution is -2.21. The average Bonchev–Trinajstić information content (AvgIpc) is 3.06. The Morgan fingerprint density at radius 2 is 1.77 bits per heavy atom. The van der Waals surface area contributed by atoms with E-state index < -0.39 is 0 Å². The molecule has 2 aromatic carbocycles. The number of hydrogen-bond acceptors (Lipinski definition) is 5. The molecule has 0 unspecified atom stereocenters. The summed E-state index contributed by atoms with van der Waals surface area (Å²) in [7, 11) is 0. The molecule has 2 N–H and O–H groups in total. The summed E-state index contributed by atoms with van der Waals surface area (Å²) in [5.41, 5.74) is 2.32. The highest BCUT2D eigenvalue weighted by molar-refractivity contribution is 7.80. The molecule has 1 heterocycles. The number of carbonyl (C=O) groups excluding carboxylic acids is 1. The molecule has 1 aliphatic rings. The summed E-state index contributed by atoms with van der Waals surface area (Å²) in [5.74, 6) is 1.53. The number of benzene rings is 2. The molecule has 1 aliphatic heterocycles. The van der Waals surface area contributed by atoms with Gasteiger partial charge >= 0.3 is 0 Å². The summed E-state index contributed by atoms with van der Waals surface area (Å²) in [4.78, 5) is 11.9. The van der Waals surface area contributed by atoms with Gasteiger partial charge in [0.2, 0.25) is 0 Å². The van der Waals surface area contributed by atoms with E-state index in [1.807, 2.05) is 19.1 Å². The summed E-state index contributed by atoms with van der Waals surface area (Å²) in [6.07, 6.45) is 3.35. The smallest absolute Gasteiger partial charge is 0.273 e. The van der Waals surface area contributed by atoms with Gasteiger partial charge in [0.1, 0.15) is 11.4 Å². The average molecular weight is 461 g/mol. The highest BCUT2D eigenvalue weighted by Crippen LogP contribution is 2.37. The molecule has 2 aromatic rings. The fourth-order valence-corrected chi connectivity index (χ4v) is 3.44. The highest BCUT2D eigenvalue weighted by Gasteiger charge is 2.20. The maximum Gasteiger partial charge on any atom is 0.273 e. The minimum Gasteiger partial charge on any atom is -0.493 e. The van der Waals surface area contributed by atoms with Crippen molar-refractivity contribution in [1.82, 2.24) is 10.6 Å². The third kappa shape index (κ3) is 6.35. The van der Waals surface area contributed by atoms with E-state index >= 15 is 0 Å². The number of carbonyl (C=O) groups is 1. The Bertz CT molecular complexity index is 976. The monoisotopic (exact) mass is 460 g/mol. The van der Waals surface area contributed by atoms with E-state index in [0.29, 0.717) is 54.0 Å². The first-order valence-corrected chi connectivity index (χ1v) is 10.9. The molecule has 0 aromatic heterocycles. The Morgan fingerprint density at radius 1 is 1.03 bits per heavy atom. The molecule has 0 aliphatic carbocycles. The topological polar surface area (TPSA) is 68.8 Å². The van der Waals surface area contributed by atoms with Crippen LogP contribution in [0.1, 0.15) is 31.4 Å². The van der Waals surface area contributed by atoms with Gasteiger partial charge in [-0.1, -0.05) is 30.7 Å². The van der Waals surface area contributed by atoms with E-state index in [0.717, 1.165) is 12.2 Å². The molecule has 164 valence electrons. The van der Waals surface area contributed by atoms with Crippen LogP contribution >= 0.6 is 23.8 Å². The summed E-state index contributed by atoms with van der Waals surface area (Å²) in [6.45, 7) is 5.40. The lowest BCUT2D eigenvalue weighted by Gasteiger charge is -2.15. The van der Waals surface area contributed by atoms with Gasteiger partial charge in [0.15, 0.2) is 16.6 Å². The first kappa shape index (κ1) is 22.9. The number of rotatable bonds is 10. The molecule has 1 fully saturated rings. The number of ether oxygens (including phenoxy) is 3. The van der Waals surface area contributed by atoms with E-state index in [1.165, 1.54) is 5.56 Å². The lowest BCUT2D eigenvalue weighted by atomic mass is 10.1. The zero-order valence-electron chi connectivity index (χ0n) is 17.5. The van der Waals surface area contributed by atoms with Crippen molar-refractivity contribution in [2.45, 2.75) is 26.7 Å². The van der Waals surface area contributed by atoms with Gasteiger partial charge in [-0.3, -0.25) is 10.1 Å². The van der Waals surface area contributed by atoms with Crippen LogP contribution in [0.5, 0.6) is 17.2 Å². The molecular formula is C23H25ClN2O4S. The van der Waals surface area contributed by atoms with Crippen LogP contribution < -0.4 is 24.8 Å². The van der Waals surface area contributed by atoms with Crippen LogP contribution in [0, 0.1) is 0 Å². The van der Waals surface area contributed by atoms with Crippen LogP contribution in [0.2, 0.25) is 5.02 Å². The molecule has 6 nitrogen and oxygen atoms in total.